The van der Waals surface area contributed by atoms with Gasteiger partial charge in [0.2, 0.25) is 6.04 Å². The van der Waals surface area contributed by atoms with Crippen molar-refractivity contribution < 1.29 is 14.4 Å². The molecule has 0 saturated carbocycles. The topological polar surface area (TPSA) is 82.4 Å². The average molecular weight is 344 g/mol. The first kappa shape index (κ1) is 18.8. The van der Waals surface area contributed by atoms with Crippen LogP contribution in [0.5, 0.6) is 0 Å². The molecule has 0 atom stereocenters. The number of carbonyl (C=O) groups excluding carboxylic acids is 3. The molecule has 25 heavy (non-hydrogen) atoms. The minimum absolute atomic E-state index is 0.293. The summed E-state index contributed by atoms with van der Waals surface area (Å²) >= 11 is 0. The van der Waals surface area contributed by atoms with E-state index in [1.54, 1.807) is 24.3 Å². The summed E-state index contributed by atoms with van der Waals surface area (Å²) in [6.45, 7) is 4.54. The molecule has 1 saturated heterocycles. The molecule has 4 amide bonds. The fourth-order valence-electron chi connectivity index (χ4n) is 2.50. The maximum Gasteiger partial charge on any atom is 0.333 e. The lowest BCUT2D eigenvalue weighted by Gasteiger charge is -2.35. The van der Waals surface area contributed by atoms with Gasteiger partial charge in [-0.05, 0) is 25.0 Å². The molecule has 0 spiro atoms. The molecule has 0 bridgehead atoms. The van der Waals surface area contributed by atoms with Crippen molar-refractivity contribution in [2.75, 3.05) is 13.1 Å². The zero-order chi connectivity index (χ0) is 18.2. The monoisotopic (exact) mass is 344 g/mol. The largest absolute Gasteiger partial charge is 0.333 e. The molecular weight excluding hydrogens is 320 g/mol. The van der Waals surface area contributed by atoms with Gasteiger partial charge in [0.25, 0.3) is 11.8 Å². The lowest BCUT2D eigenvalue weighted by Crippen LogP contribution is -2.61. The van der Waals surface area contributed by atoms with E-state index in [-0.39, 0.29) is 0 Å². The lowest BCUT2D eigenvalue weighted by atomic mass is 10.1. The van der Waals surface area contributed by atoms with Crippen LogP contribution in [0.3, 0.4) is 0 Å². The van der Waals surface area contributed by atoms with Gasteiger partial charge in [-0.3, -0.25) is 19.4 Å². The van der Waals surface area contributed by atoms with Gasteiger partial charge in [-0.25, -0.2) is 4.79 Å². The minimum Gasteiger partial charge on any atom is -0.271 e. The van der Waals surface area contributed by atoms with Crippen molar-refractivity contribution in [1.82, 2.24) is 9.80 Å². The average Bonchev–Trinajstić information content (AvgIpc) is 2.62. The maximum atomic E-state index is 12.6. The van der Waals surface area contributed by atoms with Crippen molar-refractivity contribution in [3.8, 4) is 0 Å². The first-order valence-corrected chi connectivity index (χ1v) is 8.72. The van der Waals surface area contributed by atoms with Crippen LogP contribution in [-0.4, -0.2) is 46.8 Å². The highest BCUT2D eigenvalue weighted by Crippen LogP contribution is 2.19. The van der Waals surface area contributed by atoms with Crippen molar-refractivity contribution in [2.45, 2.75) is 45.6 Å². The molecule has 7 heteroatoms. The van der Waals surface area contributed by atoms with E-state index in [1.807, 2.05) is 19.9 Å². The Morgan fingerprint density at radius 3 is 1.88 bits per heavy atom. The van der Waals surface area contributed by atoms with E-state index in [0.717, 1.165) is 22.6 Å². The number of rotatable bonds is 8. The van der Waals surface area contributed by atoms with E-state index in [1.165, 1.54) is 0 Å². The van der Waals surface area contributed by atoms with Crippen LogP contribution in [0.4, 0.5) is 10.5 Å². The van der Waals surface area contributed by atoms with Crippen molar-refractivity contribution in [1.29, 1.82) is 0 Å². The number of imide groups is 2. The molecule has 7 nitrogen and oxygen atoms in total. The zero-order valence-electron chi connectivity index (χ0n) is 14.7. The number of hydrogen-bond donors (Lipinski definition) is 0. The highest BCUT2D eigenvalue weighted by atomic mass is 16.2. The van der Waals surface area contributed by atoms with Crippen LogP contribution in [0.15, 0.2) is 40.6 Å². The molecule has 1 aromatic rings. The van der Waals surface area contributed by atoms with Gasteiger partial charge in [0.05, 0.1) is 5.69 Å². The molecular formula is C18H24N4O3. The van der Waals surface area contributed by atoms with Gasteiger partial charge in [-0.15, -0.1) is 0 Å². The summed E-state index contributed by atoms with van der Waals surface area (Å²) in [5.74, 6) is -1.17. The zero-order valence-corrected chi connectivity index (χ0v) is 14.7. The van der Waals surface area contributed by atoms with Gasteiger partial charge in [-0.2, -0.15) is 10.2 Å². The number of hydrogen-bond acceptors (Lipinski definition) is 5. The lowest BCUT2D eigenvalue weighted by molar-refractivity contribution is -0.144. The molecule has 1 heterocycles. The fraction of sp³-hybridized carbons (Fsp3) is 0.500. The Hall–Kier alpha value is -2.57. The third-order valence-electron chi connectivity index (χ3n) is 3.98. The van der Waals surface area contributed by atoms with Gasteiger partial charge in [0.15, 0.2) is 0 Å². The highest BCUT2D eigenvalue weighted by molar-refractivity contribution is 6.18. The van der Waals surface area contributed by atoms with Gasteiger partial charge in [0, 0.05) is 13.1 Å². The molecule has 2 rings (SSSR count). The predicted molar refractivity (Wildman–Crippen MR) is 93.4 cm³/mol. The van der Waals surface area contributed by atoms with Crippen molar-refractivity contribution in [3.05, 3.63) is 30.3 Å². The molecule has 1 aliphatic heterocycles. The van der Waals surface area contributed by atoms with Crippen LogP contribution >= 0.6 is 0 Å². The molecule has 0 radical (unpaired) electrons. The normalized spacial score (nSPS) is 16.3. The summed E-state index contributed by atoms with van der Waals surface area (Å²) in [6, 6.07) is 7.07. The number of benzene rings is 1. The summed E-state index contributed by atoms with van der Waals surface area (Å²) in [6.07, 6.45) is 3.07. The molecule has 134 valence electrons. The number of nitrogens with zero attached hydrogens (tertiary/aromatic N) is 4. The van der Waals surface area contributed by atoms with Crippen molar-refractivity contribution >= 4 is 23.5 Å². The molecule has 1 aromatic carbocycles. The van der Waals surface area contributed by atoms with E-state index in [2.05, 4.69) is 10.2 Å². The summed E-state index contributed by atoms with van der Waals surface area (Å²) < 4.78 is 0. The van der Waals surface area contributed by atoms with Gasteiger partial charge in [0.1, 0.15) is 0 Å². The highest BCUT2D eigenvalue weighted by Gasteiger charge is 2.45. The summed E-state index contributed by atoms with van der Waals surface area (Å²) in [7, 11) is 0. The third kappa shape index (κ3) is 4.49. The summed E-state index contributed by atoms with van der Waals surface area (Å²) in [5, 5.41) is 7.96. The molecule has 0 aliphatic carbocycles. The standard InChI is InChI=1S/C18H24N4O3/c1-3-5-12-21-16(23)15(20-19-14-10-8-7-9-11-14)17(24)22(18(21)25)13-6-4-2/h7-11,15H,3-6,12-13H2,1-2H3. The second-order valence-electron chi connectivity index (χ2n) is 5.92. The first-order chi connectivity index (χ1) is 12.1. The number of unbranched alkanes of at least 4 members (excludes halogenated alkanes) is 2. The summed E-state index contributed by atoms with van der Waals surface area (Å²) in [5.41, 5.74) is 0.556. The number of azo groups is 1. The number of amides is 4. The van der Waals surface area contributed by atoms with E-state index in [0.29, 0.717) is 31.6 Å². The van der Waals surface area contributed by atoms with Crippen LogP contribution in [0.2, 0.25) is 0 Å². The molecule has 0 unspecified atom stereocenters. The van der Waals surface area contributed by atoms with E-state index in [4.69, 9.17) is 0 Å². The van der Waals surface area contributed by atoms with E-state index >= 15 is 0 Å². The fourth-order valence-corrected chi connectivity index (χ4v) is 2.50. The van der Waals surface area contributed by atoms with Crippen LogP contribution < -0.4 is 0 Å². The van der Waals surface area contributed by atoms with Crippen molar-refractivity contribution in [3.63, 3.8) is 0 Å². The second kappa shape index (κ2) is 9.05. The minimum atomic E-state index is -1.29. The van der Waals surface area contributed by atoms with E-state index in [9.17, 15) is 14.4 Å². The Kier molecular flexibility index (Phi) is 6.80. The molecule has 0 N–H and O–H groups in total. The SMILES string of the molecule is CCCCN1C(=O)C(N=Nc2ccccc2)C(=O)N(CCCC)C1=O. The number of urea groups is 1. The Balaban J connectivity index is 2.25. The Morgan fingerprint density at radius 2 is 1.40 bits per heavy atom. The first-order valence-electron chi connectivity index (χ1n) is 8.72. The number of carbonyl (C=O) groups is 3. The Labute approximate surface area is 147 Å². The molecule has 1 aliphatic rings. The quantitative estimate of drug-likeness (QED) is 0.534. The van der Waals surface area contributed by atoms with Gasteiger partial charge < -0.3 is 0 Å². The van der Waals surface area contributed by atoms with Crippen molar-refractivity contribution in [2.24, 2.45) is 10.2 Å². The molecule has 0 aromatic heterocycles. The smallest absolute Gasteiger partial charge is 0.271 e. The predicted octanol–water partition coefficient (Wildman–Crippen LogP) is 3.53. The third-order valence-corrected chi connectivity index (χ3v) is 3.98. The summed E-state index contributed by atoms with van der Waals surface area (Å²) in [4.78, 5) is 40.0. The van der Waals surface area contributed by atoms with Crippen LogP contribution in [-0.2, 0) is 9.59 Å². The second-order valence-corrected chi connectivity index (χ2v) is 5.92. The maximum absolute atomic E-state index is 12.6. The Morgan fingerprint density at radius 1 is 0.880 bits per heavy atom. The van der Waals surface area contributed by atoms with E-state index < -0.39 is 23.9 Å². The van der Waals surface area contributed by atoms with Crippen LogP contribution in [0.25, 0.3) is 0 Å². The van der Waals surface area contributed by atoms with Gasteiger partial charge in [-0.1, -0.05) is 44.9 Å². The molecule has 1 fully saturated rings. The van der Waals surface area contributed by atoms with Crippen LogP contribution in [0.1, 0.15) is 39.5 Å². The Bertz CT molecular complexity index is 615. The number of barbiturate groups is 1. The van der Waals surface area contributed by atoms with Crippen LogP contribution in [0, 0.1) is 0 Å². The van der Waals surface area contributed by atoms with Gasteiger partial charge >= 0.3 is 6.03 Å².